The number of halogens is 2. The zero-order valence-corrected chi connectivity index (χ0v) is 12.6. The molecule has 1 saturated heterocycles. The van der Waals surface area contributed by atoms with E-state index in [-0.39, 0.29) is 10.9 Å². The van der Waals surface area contributed by atoms with Crippen molar-refractivity contribution in [1.29, 1.82) is 0 Å². The average Bonchev–Trinajstić information content (AvgIpc) is 3.00. The maximum Gasteiger partial charge on any atom is 0.273 e. The molecule has 1 aliphatic rings. The van der Waals surface area contributed by atoms with Crippen molar-refractivity contribution in [2.75, 3.05) is 26.3 Å². The molecule has 0 radical (unpaired) electrons. The van der Waals surface area contributed by atoms with E-state index < -0.39 is 5.82 Å². The van der Waals surface area contributed by atoms with E-state index >= 15 is 0 Å². The molecule has 2 heterocycles. The highest BCUT2D eigenvalue weighted by molar-refractivity contribution is 7.13. The third-order valence-electron chi connectivity index (χ3n) is 3.20. The predicted molar refractivity (Wildman–Crippen MR) is 79.2 cm³/mol. The molecule has 0 unspecified atom stereocenters. The highest BCUT2D eigenvalue weighted by Crippen LogP contribution is 2.32. The van der Waals surface area contributed by atoms with Crippen LogP contribution in [0.3, 0.4) is 0 Å². The van der Waals surface area contributed by atoms with Crippen molar-refractivity contribution in [2.24, 2.45) is 0 Å². The second kappa shape index (κ2) is 6.09. The summed E-state index contributed by atoms with van der Waals surface area (Å²) >= 11 is 7.22. The molecule has 1 aromatic carbocycles. The summed E-state index contributed by atoms with van der Waals surface area (Å²) in [5, 5.41) is 2.24. The van der Waals surface area contributed by atoms with Crippen LogP contribution in [0, 0.1) is 5.82 Å². The molecule has 21 heavy (non-hydrogen) atoms. The molecule has 1 aromatic heterocycles. The van der Waals surface area contributed by atoms with E-state index in [1.807, 2.05) is 0 Å². The minimum absolute atomic E-state index is 0.0252. The lowest BCUT2D eigenvalue weighted by Gasteiger charge is -2.25. The summed E-state index contributed by atoms with van der Waals surface area (Å²) in [6.07, 6.45) is 0. The van der Waals surface area contributed by atoms with E-state index in [1.54, 1.807) is 22.4 Å². The number of ether oxygens (including phenoxy) is 1. The van der Waals surface area contributed by atoms with E-state index in [4.69, 9.17) is 16.3 Å². The van der Waals surface area contributed by atoms with Crippen LogP contribution in [-0.2, 0) is 4.74 Å². The average molecular weight is 327 g/mol. The van der Waals surface area contributed by atoms with Gasteiger partial charge in [0.05, 0.1) is 18.2 Å². The summed E-state index contributed by atoms with van der Waals surface area (Å²) in [7, 11) is 0. The van der Waals surface area contributed by atoms with E-state index in [0.717, 1.165) is 0 Å². The first-order valence-electron chi connectivity index (χ1n) is 6.44. The number of carbonyl (C=O) groups is 1. The molecule has 1 fully saturated rings. The fourth-order valence-corrected chi connectivity index (χ4v) is 3.19. The Labute approximate surface area is 130 Å². The van der Waals surface area contributed by atoms with Crippen LogP contribution in [0.1, 0.15) is 10.5 Å². The minimum atomic E-state index is -0.495. The lowest BCUT2D eigenvalue weighted by molar-refractivity contribution is 0.0299. The molecule has 0 N–H and O–H groups in total. The molecule has 4 nitrogen and oxygen atoms in total. The highest BCUT2D eigenvalue weighted by Gasteiger charge is 2.21. The number of amides is 1. The Hall–Kier alpha value is -1.50. The van der Waals surface area contributed by atoms with Crippen molar-refractivity contribution in [2.45, 2.75) is 0 Å². The van der Waals surface area contributed by atoms with Crippen molar-refractivity contribution in [3.8, 4) is 10.6 Å². The number of aromatic nitrogens is 1. The molecule has 1 amide bonds. The first kappa shape index (κ1) is 14.4. The molecular formula is C14H12ClFN2O2S. The molecule has 1 aliphatic heterocycles. The number of hydrogen-bond donors (Lipinski definition) is 0. The molecule has 0 saturated carbocycles. The molecule has 2 aromatic rings. The Morgan fingerprint density at radius 1 is 1.38 bits per heavy atom. The third-order valence-corrected chi connectivity index (χ3v) is 4.46. The zero-order valence-electron chi connectivity index (χ0n) is 11.0. The van der Waals surface area contributed by atoms with Gasteiger partial charge in [-0.15, -0.1) is 11.3 Å². The van der Waals surface area contributed by atoms with Gasteiger partial charge in [-0.25, -0.2) is 9.37 Å². The monoisotopic (exact) mass is 326 g/mol. The standard InChI is InChI=1S/C14H12ClFN2O2S/c15-12-9(2-1-3-10(12)16)13-17-11(8-21-13)14(19)18-4-6-20-7-5-18/h1-3,8H,4-7H2. The van der Waals surface area contributed by atoms with Crippen LogP contribution in [0.4, 0.5) is 4.39 Å². The molecular weight excluding hydrogens is 315 g/mol. The van der Waals surface area contributed by atoms with Gasteiger partial charge < -0.3 is 9.64 Å². The van der Waals surface area contributed by atoms with Gasteiger partial charge in [-0.05, 0) is 6.07 Å². The topological polar surface area (TPSA) is 42.4 Å². The van der Waals surface area contributed by atoms with E-state index in [0.29, 0.717) is 42.6 Å². The van der Waals surface area contributed by atoms with Crippen molar-refractivity contribution in [3.05, 3.63) is 40.1 Å². The van der Waals surface area contributed by atoms with Gasteiger partial charge in [0, 0.05) is 24.0 Å². The largest absolute Gasteiger partial charge is 0.378 e. The van der Waals surface area contributed by atoms with Gasteiger partial charge in [0.1, 0.15) is 16.5 Å². The van der Waals surface area contributed by atoms with Crippen LogP contribution < -0.4 is 0 Å². The van der Waals surface area contributed by atoms with Crippen LogP contribution in [0.15, 0.2) is 23.6 Å². The van der Waals surface area contributed by atoms with Crippen molar-refractivity contribution < 1.29 is 13.9 Å². The summed E-state index contributed by atoms with van der Waals surface area (Å²) in [5.41, 5.74) is 0.861. The van der Waals surface area contributed by atoms with E-state index in [9.17, 15) is 9.18 Å². The second-order valence-electron chi connectivity index (χ2n) is 4.54. The van der Waals surface area contributed by atoms with Gasteiger partial charge in [0.25, 0.3) is 5.91 Å². The first-order chi connectivity index (χ1) is 10.2. The molecule has 110 valence electrons. The molecule has 0 atom stereocenters. The normalized spacial score (nSPS) is 15.2. The SMILES string of the molecule is O=C(c1csc(-c2cccc(F)c2Cl)n1)N1CCOCC1. The first-order valence-corrected chi connectivity index (χ1v) is 7.69. The molecule has 0 bridgehead atoms. The maximum atomic E-state index is 13.5. The van der Waals surface area contributed by atoms with Crippen LogP contribution in [0.5, 0.6) is 0 Å². The summed E-state index contributed by atoms with van der Waals surface area (Å²) in [6, 6.07) is 4.55. The number of rotatable bonds is 2. The summed E-state index contributed by atoms with van der Waals surface area (Å²) < 4.78 is 18.7. The predicted octanol–water partition coefficient (Wildman–Crippen LogP) is 3.08. The fraction of sp³-hybridized carbons (Fsp3) is 0.286. The lowest BCUT2D eigenvalue weighted by Crippen LogP contribution is -2.40. The summed E-state index contributed by atoms with van der Waals surface area (Å²) in [6.45, 7) is 2.20. The van der Waals surface area contributed by atoms with E-state index in [2.05, 4.69) is 4.98 Å². The van der Waals surface area contributed by atoms with Crippen LogP contribution in [-0.4, -0.2) is 42.1 Å². The van der Waals surface area contributed by atoms with Gasteiger partial charge in [0.2, 0.25) is 0 Å². The molecule has 3 rings (SSSR count). The summed E-state index contributed by atoms with van der Waals surface area (Å²) in [4.78, 5) is 18.3. The smallest absolute Gasteiger partial charge is 0.273 e. The fourth-order valence-electron chi connectivity index (χ4n) is 2.09. The van der Waals surface area contributed by atoms with Crippen molar-refractivity contribution >= 4 is 28.8 Å². The quantitative estimate of drug-likeness (QED) is 0.851. The molecule has 0 spiro atoms. The lowest BCUT2D eigenvalue weighted by atomic mass is 10.2. The Morgan fingerprint density at radius 3 is 2.90 bits per heavy atom. The van der Waals surface area contributed by atoms with Crippen molar-refractivity contribution in [3.63, 3.8) is 0 Å². The van der Waals surface area contributed by atoms with Gasteiger partial charge in [0.15, 0.2) is 0 Å². The number of carbonyl (C=O) groups excluding carboxylic acids is 1. The molecule has 0 aliphatic carbocycles. The zero-order chi connectivity index (χ0) is 14.8. The third kappa shape index (κ3) is 2.92. The minimum Gasteiger partial charge on any atom is -0.378 e. The van der Waals surface area contributed by atoms with E-state index in [1.165, 1.54) is 17.4 Å². The highest BCUT2D eigenvalue weighted by atomic mass is 35.5. The number of nitrogens with zero attached hydrogens (tertiary/aromatic N) is 2. The van der Waals surface area contributed by atoms with Crippen LogP contribution in [0.2, 0.25) is 5.02 Å². The second-order valence-corrected chi connectivity index (χ2v) is 5.78. The summed E-state index contributed by atoms with van der Waals surface area (Å²) in [5.74, 6) is -0.626. The maximum absolute atomic E-state index is 13.5. The Kier molecular flexibility index (Phi) is 4.19. The van der Waals surface area contributed by atoms with Gasteiger partial charge >= 0.3 is 0 Å². The number of benzene rings is 1. The van der Waals surface area contributed by atoms with Gasteiger partial charge in [-0.2, -0.15) is 0 Å². The Bertz CT molecular complexity index is 671. The Morgan fingerprint density at radius 2 is 2.14 bits per heavy atom. The van der Waals surface area contributed by atoms with Crippen LogP contribution in [0.25, 0.3) is 10.6 Å². The van der Waals surface area contributed by atoms with Crippen molar-refractivity contribution in [1.82, 2.24) is 9.88 Å². The number of morpholine rings is 1. The van der Waals surface area contributed by atoms with Gasteiger partial charge in [-0.3, -0.25) is 4.79 Å². The van der Waals surface area contributed by atoms with Gasteiger partial charge in [-0.1, -0.05) is 23.7 Å². The number of hydrogen-bond acceptors (Lipinski definition) is 4. The Balaban J connectivity index is 1.86. The number of thiazole rings is 1. The van der Waals surface area contributed by atoms with Crippen LogP contribution >= 0.6 is 22.9 Å². The molecule has 7 heteroatoms.